The Balaban J connectivity index is 3.17. The van der Waals surface area contributed by atoms with E-state index in [1.54, 1.807) is 13.0 Å². The molecular formula is C12H18N4O2S. The van der Waals surface area contributed by atoms with Gasteiger partial charge in [-0.05, 0) is 26.0 Å². The summed E-state index contributed by atoms with van der Waals surface area (Å²) in [5, 5.41) is 11.6. The van der Waals surface area contributed by atoms with Crippen molar-refractivity contribution in [2.75, 3.05) is 18.9 Å². The molecule has 0 amide bonds. The Morgan fingerprint density at radius 1 is 1.58 bits per heavy atom. The molecule has 104 valence electrons. The molecule has 0 saturated carbocycles. The van der Waals surface area contributed by atoms with Crippen LogP contribution in [0.4, 0.5) is 5.82 Å². The summed E-state index contributed by atoms with van der Waals surface area (Å²) in [6, 6.07) is 4.68. The fourth-order valence-corrected chi connectivity index (χ4v) is 3.03. The summed E-state index contributed by atoms with van der Waals surface area (Å²) >= 11 is 0. The minimum absolute atomic E-state index is 0.129. The lowest BCUT2D eigenvalue weighted by molar-refractivity contribution is 0.393. The van der Waals surface area contributed by atoms with Crippen molar-refractivity contribution in [3.63, 3.8) is 0 Å². The van der Waals surface area contributed by atoms with Gasteiger partial charge in [0.25, 0.3) is 0 Å². The van der Waals surface area contributed by atoms with E-state index in [9.17, 15) is 8.42 Å². The zero-order valence-corrected chi connectivity index (χ0v) is 12.1. The number of nitriles is 1. The number of nitrogens with zero attached hydrogens (tertiary/aromatic N) is 3. The molecule has 0 aliphatic rings. The molecule has 1 N–H and O–H groups in total. The molecule has 1 unspecified atom stereocenters. The fraction of sp³-hybridized carbons (Fsp3) is 0.500. The molecule has 0 aliphatic carbocycles. The Morgan fingerprint density at radius 2 is 2.26 bits per heavy atom. The topological polar surface area (TPSA) is 86.1 Å². The van der Waals surface area contributed by atoms with E-state index in [1.807, 2.05) is 13.0 Å². The van der Waals surface area contributed by atoms with Gasteiger partial charge in [-0.15, -0.1) is 0 Å². The van der Waals surface area contributed by atoms with Crippen molar-refractivity contribution in [2.45, 2.75) is 31.2 Å². The highest BCUT2D eigenvalue weighted by atomic mass is 32.2. The second-order valence-corrected chi connectivity index (χ2v) is 6.08. The van der Waals surface area contributed by atoms with Gasteiger partial charge >= 0.3 is 0 Å². The van der Waals surface area contributed by atoms with Gasteiger partial charge in [0.2, 0.25) is 10.0 Å². The Morgan fingerprint density at radius 3 is 2.84 bits per heavy atom. The van der Waals surface area contributed by atoms with Gasteiger partial charge in [0.15, 0.2) is 0 Å². The highest BCUT2D eigenvalue weighted by Crippen LogP contribution is 2.23. The quantitative estimate of drug-likeness (QED) is 0.853. The molecule has 1 atom stereocenters. The van der Waals surface area contributed by atoms with Gasteiger partial charge in [0, 0.05) is 25.8 Å². The van der Waals surface area contributed by atoms with Gasteiger partial charge < -0.3 is 5.32 Å². The first-order valence-electron chi connectivity index (χ1n) is 5.99. The van der Waals surface area contributed by atoms with E-state index < -0.39 is 10.0 Å². The smallest absolute Gasteiger partial charge is 0.246 e. The summed E-state index contributed by atoms with van der Waals surface area (Å²) < 4.78 is 26.2. The summed E-state index contributed by atoms with van der Waals surface area (Å²) in [7, 11) is -2.18. The van der Waals surface area contributed by atoms with Crippen LogP contribution in [0.5, 0.6) is 0 Å². The summed E-state index contributed by atoms with van der Waals surface area (Å²) in [6.45, 7) is 4.15. The number of hydrogen-bond acceptors (Lipinski definition) is 5. The molecule has 1 rings (SSSR count). The van der Waals surface area contributed by atoms with E-state index in [0.717, 1.165) is 0 Å². The SMILES string of the molecule is CCNc1ncccc1S(=O)(=O)N(C)C(C)CC#N. The molecule has 1 aromatic rings. The predicted molar refractivity (Wildman–Crippen MR) is 73.0 cm³/mol. The minimum atomic E-state index is -3.66. The molecule has 0 aromatic carbocycles. The monoisotopic (exact) mass is 282 g/mol. The van der Waals surface area contributed by atoms with Crippen LogP contribution in [0.3, 0.4) is 0 Å². The van der Waals surface area contributed by atoms with E-state index in [0.29, 0.717) is 12.4 Å². The molecular weight excluding hydrogens is 264 g/mol. The normalized spacial score (nSPS) is 13.0. The summed E-state index contributed by atoms with van der Waals surface area (Å²) in [5.41, 5.74) is 0. The number of hydrogen-bond donors (Lipinski definition) is 1. The van der Waals surface area contributed by atoms with Gasteiger partial charge in [-0.2, -0.15) is 9.57 Å². The number of sulfonamides is 1. The number of rotatable bonds is 6. The van der Waals surface area contributed by atoms with Gasteiger partial charge in [-0.3, -0.25) is 0 Å². The second-order valence-electron chi connectivity index (χ2n) is 4.11. The van der Waals surface area contributed by atoms with Gasteiger partial charge in [0.1, 0.15) is 10.7 Å². The van der Waals surface area contributed by atoms with E-state index in [4.69, 9.17) is 5.26 Å². The fourth-order valence-electron chi connectivity index (χ4n) is 1.55. The van der Waals surface area contributed by atoms with Gasteiger partial charge in [-0.25, -0.2) is 13.4 Å². The van der Waals surface area contributed by atoms with Crippen molar-refractivity contribution in [3.8, 4) is 6.07 Å². The average Bonchev–Trinajstić information content (AvgIpc) is 2.39. The van der Waals surface area contributed by atoms with Crippen molar-refractivity contribution in [3.05, 3.63) is 18.3 Å². The largest absolute Gasteiger partial charge is 0.369 e. The van der Waals surface area contributed by atoms with Crippen LogP contribution >= 0.6 is 0 Å². The van der Waals surface area contributed by atoms with E-state index >= 15 is 0 Å². The summed E-state index contributed by atoms with van der Waals surface area (Å²) in [5.74, 6) is 0.334. The standard InChI is InChI=1S/C12H18N4O2S/c1-4-14-12-11(6-5-9-15-12)19(17,18)16(3)10(2)7-8-13/h5-6,9-10H,4,7H2,1-3H3,(H,14,15). The number of nitrogens with one attached hydrogen (secondary N) is 1. The molecule has 1 heterocycles. The molecule has 0 bridgehead atoms. The minimum Gasteiger partial charge on any atom is -0.369 e. The van der Waals surface area contributed by atoms with Crippen LogP contribution in [0.1, 0.15) is 20.3 Å². The molecule has 0 spiro atoms. The lowest BCUT2D eigenvalue weighted by atomic mass is 10.3. The maximum Gasteiger partial charge on any atom is 0.246 e. The molecule has 0 saturated heterocycles. The van der Waals surface area contributed by atoms with Crippen molar-refractivity contribution in [2.24, 2.45) is 0 Å². The Kier molecular flexibility index (Phi) is 5.27. The van der Waals surface area contributed by atoms with Crippen LogP contribution < -0.4 is 5.32 Å². The zero-order valence-electron chi connectivity index (χ0n) is 11.3. The third-order valence-corrected chi connectivity index (χ3v) is 4.78. The van der Waals surface area contributed by atoms with Crippen molar-refractivity contribution in [1.29, 1.82) is 5.26 Å². The molecule has 7 heteroatoms. The average molecular weight is 282 g/mol. The number of pyridine rings is 1. The summed E-state index contributed by atoms with van der Waals surface area (Å²) in [6.07, 6.45) is 1.68. The Hall–Kier alpha value is -1.65. The maximum atomic E-state index is 12.5. The van der Waals surface area contributed by atoms with E-state index in [-0.39, 0.29) is 17.4 Å². The van der Waals surface area contributed by atoms with Crippen molar-refractivity contribution in [1.82, 2.24) is 9.29 Å². The predicted octanol–water partition coefficient (Wildman–Crippen LogP) is 1.44. The number of anilines is 1. The Labute approximate surface area is 114 Å². The first-order chi connectivity index (χ1) is 8.95. The first-order valence-corrected chi connectivity index (χ1v) is 7.43. The number of aromatic nitrogens is 1. The lowest BCUT2D eigenvalue weighted by Gasteiger charge is -2.23. The molecule has 6 nitrogen and oxygen atoms in total. The maximum absolute atomic E-state index is 12.5. The molecule has 19 heavy (non-hydrogen) atoms. The van der Waals surface area contributed by atoms with Crippen molar-refractivity contribution < 1.29 is 8.42 Å². The summed E-state index contributed by atoms with van der Waals surface area (Å²) in [4.78, 5) is 4.17. The lowest BCUT2D eigenvalue weighted by Crippen LogP contribution is -2.35. The van der Waals surface area contributed by atoms with Crippen LogP contribution in [-0.2, 0) is 10.0 Å². The van der Waals surface area contributed by atoms with Crippen LogP contribution in [-0.4, -0.2) is 37.3 Å². The van der Waals surface area contributed by atoms with Crippen molar-refractivity contribution >= 4 is 15.8 Å². The van der Waals surface area contributed by atoms with Crippen LogP contribution in [0.25, 0.3) is 0 Å². The first kappa shape index (κ1) is 15.4. The highest BCUT2D eigenvalue weighted by molar-refractivity contribution is 7.89. The zero-order chi connectivity index (χ0) is 14.5. The van der Waals surface area contributed by atoms with Crippen LogP contribution in [0.2, 0.25) is 0 Å². The van der Waals surface area contributed by atoms with Gasteiger partial charge in [0.05, 0.1) is 12.5 Å². The highest BCUT2D eigenvalue weighted by Gasteiger charge is 2.27. The van der Waals surface area contributed by atoms with Crippen LogP contribution in [0, 0.1) is 11.3 Å². The molecule has 0 radical (unpaired) electrons. The Bertz CT molecular complexity index is 565. The van der Waals surface area contributed by atoms with Gasteiger partial charge in [-0.1, -0.05) is 0 Å². The van der Waals surface area contributed by atoms with E-state index in [1.165, 1.54) is 23.6 Å². The third kappa shape index (κ3) is 3.43. The molecule has 1 aromatic heterocycles. The van der Waals surface area contributed by atoms with E-state index in [2.05, 4.69) is 10.3 Å². The molecule has 0 aliphatic heterocycles. The third-order valence-electron chi connectivity index (χ3n) is 2.78. The second kappa shape index (κ2) is 6.50. The van der Waals surface area contributed by atoms with Crippen LogP contribution in [0.15, 0.2) is 23.2 Å². The molecule has 0 fully saturated rings.